The molecule has 2 aromatic carbocycles. The van der Waals surface area contributed by atoms with E-state index in [1.54, 1.807) is 13.8 Å². The lowest BCUT2D eigenvalue weighted by atomic mass is 9.98. The monoisotopic (exact) mass is 480 g/mol. The Morgan fingerprint density at radius 2 is 1.66 bits per heavy atom. The Hall–Kier alpha value is -3.39. The first-order chi connectivity index (χ1) is 16.6. The number of hydrogen-bond acceptors (Lipinski definition) is 5. The average Bonchev–Trinajstić information content (AvgIpc) is 3.30. The van der Waals surface area contributed by atoms with Crippen molar-refractivity contribution in [1.82, 2.24) is 10.2 Å². The summed E-state index contributed by atoms with van der Waals surface area (Å²) in [7, 11) is 0. The smallest absolute Gasteiger partial charge is 0.407 e. The molecule has 186 valence electrons. The molecule has 2 aromatic rings. The third-order valence-electron chi connectivity index (χ3n) is 6.65. The zero-order valence-electron chi connectivity index (χ0n) is 20.5. The number of carboxylic acid groups (broad SMARTS) is 1. The highest BCUT2D eigenvalue weighted by molar-refractivity contribution is 5.90. The number of rotatable bonds is 7. The Labute approximate surface area is 205 Å². The number of benzene rings is 2. The van der Waals surface area contributed by atoms with Crippen molar-refractivity contribution < 1.29 is 29.0 Å². The van der Waals surface area contributed by atoms with Crippen LogP contribution in [0.5, 0.6) is 0 Å². The summed E-state index contributed by atoms with van der Waals surface area (Å²) in [5.41, 5.74) is 3.34. The Bertz CT molecular complexity index is 1080. The van der Waals surface area contributed by atoms with Gasteiger partial charge in [0.05, 0.1) is 6.61 Å². The number of ether oxygens (including phenoxy) is 2. The third-order valence-corrected chi connectivity index (χ3v) is 6.65. The van der Waals surface area contributed by atoms with Crippen LogP contribution in [0.25, 0.3) is 11.1 Å². The Balaban J connectivity index is 1.48. The average molecular weight is 481 g/mol. The summed E-state index contributed by atoms with van der Waals surface area (Å²) in [6.45, 7) is 7.17. The molecule has 2 N–H and O–H groups in total. The van der Waals surface area contributed by atoms with Gasteiger partial charge in [-0.1, -0.05) is 62.4 Å². The minimum absolute atomic E-state index is 0.0766. The summed E-state index contributed by atoms with van der Waals surface area (Å²) in [4.78, 5) is 39.3. The zero-order chi connectivity index (χ0) is 25.3. The zero-order valence-corrected chi connectivity index (χ0v) is 20.5. The van der Waals surface area contributed by atoms with E-state index in [-0.39, 0.29) is 25.0 Å². The second kappa shape index (κ2) is 9.70. The van der Waals surface area contributed by atoms with Crippen molar-refractivity contribution in [3.05, 3.63) is 59.7 Å². The lowest BCUT2D eigenvalue weighted by Gasteiger charge is -2.35. The maximum absolute atomic E-state index is 13.4. The fraction of sp³-hybridized carbons (Fsp3) is 0.444. The van der Waals surface area contributed by atoms with E-state index in [0.717, 1.165) is 22.3 Å². The minimum atomic E-state index is -1.15. The molecule has 1 heterocycles. The van der Waals surface area contributed by atoms with E-state index in [0.29, 0.717) is 6.42 Å². The quantitative estimate of drug-likeness (QED) is 0.621. The van der Waals surface area contributed by atoms with Crippen LogP contribution in [0.3, 0.4) is 0 Å². The van der Waals surface area contributed by atoms with Crippen LogP contribution in [0.4, 0.5) is 4.79 Å². The van der Waals surface area contributed by atoms with Crippen LogP contribution in [0, 0.1) is 5.92 Å². The second-order valence-electron chi connectivity index (χ2n) is 9.97. The Morgan fingerprint density at radius 1 is 1.09 bits per heavy atom. The van der Waals surface area contributed by atoms with E-state index in [1.807, 2.05) is 50.2 Å². The van der Waals surface area contributed by atoms with Crippen LogP contribution < -0.4 is 5.32 Å². The molecule has 4 rings (SSSR count). The molecule has 1 unspecified atom stereocenters. The van der Waals surface area contributed by atoms with E-state index < -0.39 is 35.8 Å². The van der Waals surface area contributed by atoms with Crippen LogP contribution in [-0.4, -0.2) is 59.0 Å². The number of fused-ring (bicyclic) bond motifs is 3. The van der Waals surface area contributed by atoms with Gasteiger partial charge in [0.25, 0.3) is 0 Å². The molecular weight excluding hydrogens is 448 g/mol. The molecule has 1 fully saturated rings. The number of alkyl carbamates (subject to hydrolysis) is 1. The Kier molecular flexibility index (Phi) is 6.85. The molecule has 0 saturated carbocycles. The summed E-state index contributed by atoms with van der Waals surface area (Å²) in [5, 5.41) is 12.3. The first-order valence-electron chi connectivity index (χ1n) is 11.9. The standard InChI is InChI=1S/C27H32N2O6/c1-16(2)13-22(24(30)29-23(25(31)32)15-35-27(29,3)4)28-26(33)34-14-21-19-11-7-5-9-17(19)18-10-6-8-12-20(18)21/h5-12,16,21-23H,13-15H2,1-4H3,(H,28,33)(H,31,32)/t22-,23?/m0/s1. The fourth-order valence-corrected chi connectivity index (χ4v) is 5.05. The second-order valence-corrected chi connectivity index (χ2v) is 9.97. The molecule has 0 aromatic heterocycles. The number of aliphatic carboxylic acids is 1. The van der Waals surface area contributed by atoms with Crippen molar-refractivity contribution in [2.24, 2.45) is 5.92 Å². The van der Waals surface area contributed by atoms with Crippen LogP contribution in [0.1, 0.15) is 51.2 Å². The van der Waals surface area contributed by atoms with Gasteiger partial charge in [0, 0.05) is 5.92 Å². The van der Waals surface area contributed by atoms with Gasteiger partial charge >= 0.3 is 12.1 Å². The normalized spacial score (nSPS) is 19.2. The van der Waals surface area contributed by atoms with E-state index in [1.165, 1.54) is 4.90 Å². The lowest BCUT2D eigenvalue weighted by Crippen LogP contribution is -2.58. The summed E-state index contributed by atoms with van der Waals surface area (Å²) in [5.74, 6) is -1.67. The van der Waals surface area contributed by atoms with Gasteiger partial charge in [0.2, 0.25) is 5.91 Å². The van der Waals surface area contributed by atoms with Gasteiger partial charge in [-0.2, -0.15) is 0 Å². The Morgan fingerprint density at radius 3 is 2.20 bits per heavy atom. The summed E-state index contributed by atoms with van der Waals surface area (Å²) in [6.07, 6.45) is -0.377. The molecular formula is C27H32N2O6. The van der Waals surface area contributed by atoms with E-state index in [9.17, 15) is 19.5 Å². The maximum Gasteiger partial charge on any atom is 0.407 e. The number of nitrogens with one attached hydrogen (secondary N) is 1. The molecule has 8 heteroatoms. The molecule has 0 bridgehead atoms. The van der Waals surface area contributed by atoms with Gasteiger partial charge in [-0.05, 0) is 48.4 Å². The predicted octanol–water partition coefficient (Wildman–Crippen LogP) is 3.99. The number of carbonyl (C=O) groups is 3. The van der Waals surface area contributed by atoms with Crippen molar-refractivity contribution in [1.29, 1.82) is 0 Å². The molecule has 1 aliphatic carbocycles. The molecule has 0 spiro atoms. The van der Waals surface area contributed by atoms with Gasteiger partial charge in [0.15, 0.2) is 6.04 Å². The van der Waals surface area contributed by atoms with Crippen molar-refractivity contribution in [3.8, 4) is 11.1 Å². The largest absolute Gasteiger partial charge is 0.480 e. The van der Waals surface area contributed by atoms with Gasteiger partial charge in [-0.15, -0.1) is 0 Å². The van der Waals surface area contributed by atoms with Crippen LogP contribution >= 0.6 is 0 Å². The maximum atomic E-state index is 13.4. The van der Waals surface area contributed by atoms with Crippen LogP contribution in [0.15, 0.2) is 48.5 Å². The van der Waals surface area contributed by atoms with Crippen LogP contribution in [-0.2, 0) is 19.1 Å². The fourth-order valence-electron chi connectivity index (χ4n) is 5.05. The van der Waals surface area contributed by atoms with Crippen molar-refractivity contribution >= 4 is 18.0 Å². The molecule has 8 nitrogen and oxygen atoms in total. The molecule has 1 aliphatic heterocycles. The first-order valence-corrected chi connectivity index (χ1v) is 11.9. The van der Waals surface area contributed by atoms with Gasteiger partial charge < -0.3 is 19.9 Å². The van der Waals surface area contributed by atoms with Gasteiger partial charge in [0.1, 0.15) is 18.4 Å². The van der Waals surface area contributed by atoms with Crippen LogP contribution in [0.2, 0.25) is 0 Å². The number of carbonyl (C=O) groups excluding carboxylic acids is 2. The number of amides is 2. The molecule has 35 heavy (non-hydrogen) atoms. The molecule has 1 saturated heterocycles. The highest BCUT2D eigenvalue weighted by atomic mass is 16.6. The number of carboxylic acids is 1. The van der Waals surface area contributed by atoms with E-state index in [4.69, 9.17) is 9.47 Å². The highest BCUT2D eigenvalue weighted by Crippen LogP contribution is 2.44. The molecule has 0 radical (unpaired) electrons. The summed E-state index contributed by atoms with van der Waals surface area (Å²) in [6, 6.07) is 14.0. The molecule has 2 aliphatic rings. The lowest BCUT2D eigenvalue weighted by molar-refractivity contribution is -0.157. The SMILES string of the molecule is CC(C)C[C@H](NC(=O)OCC1c2ccccc2-c2ccccc21)C(=O)N1C(C(=O)O)COC1(C)C. The number of hydrogen-bond donors (Lipinski definition) is 2. The third kappa shape index (κ3) is 4.89. The predicted molar refractivity (Wildman–Crippen MR) is 130 cm³/mol. The summed E-state index contributed by atoms with van der Waals surface area (Å²) < 4.78 is 11.2. The molecule has 2 atom stereocenters. The number of nitrogens with zero attached hydrogens (tertiary/aromatic N) is 1. The van der Waals surface area contributed by atoms with Gasteiger partial charge in [-0.3, -0.25) is 9.69 Å². The van der Waals surface area contributed by atoms with Crippen molar-refractivity contribution in [3.63, 3.8) is 0 Å². The van der Waals surface area contributed by atoms with Crippen molar-refractivity contribution in [2.75, 3.05) is 13.2 Å². The highest BCUT2D eigenvalue weighted by Gasteiger charge is 2.49. The van der Waals surface area contributed by atoms with E-state index in [2.05, 4.69) is 17.4 Å². The van der Waals surface area contributed by atoms with E-state index >= 15 is 0 Å². The van der Waals surface area contributed by atoms with Crippen molar-refractivity contribution in [2.45, 2.75) is 57.8 Å². The first kappa shape index (κ1) is 24.7. The topological polar surface area (TPSA) is 105 Å². The van der Waals surface area contributed by atoms with Gasteiger partial charge in [-0.25, -0.2) is 9.59 Å². The molecule has 2 amide bonds. The minimum Gasteiger partial charge on any atom is -0.480 e. The summed E-state index contributed by atoms with van der Waals surface area (Å²) >= 11 is 0.